The molecule has 0 bridgehead atoms. The Balaban J connectivity index is 1.73. The van der Waals surface area contributed by atoms with E-state index in [1.54, 1.807) is 48.5 Å². The molecule has 0 fully saturated rings. The molecule has 0 aromatic heterocycles. The minimum Gasteiger partial charge on any atom is -0.322 e. The number of hydrogen-bond donors (Lipinski definition) is 2. The first kappa shape index (κ1) is 17.6. The van der Waals surface area contributed by atoms with Crippen molar-refractivity contribution in [3.05, 3.63) is 94.8 Å². The molecule has 4 nitrogen and oxygen atoms in total. The van der Waals surface area contributed by atoms with Crippen LogP contribution < -0.4 is 10.6 Å². The third-order valence-corrected chi connectivity index (χ3v) is 3.91. The van der Waals surface area contributed by atoms with E-state index in [-0.39, 0.29) is 11.5 Å². The molecule has 3 rings (SSSR count). The number of rotatable bonds is 4. The molecule has 2 amide bonds. The second-order valence-corrected chi connectivity index (χ2v) is 5.89. The van der Waals surface area contributed by atoms with Crippen LogP contribution in [0.15, 0.2) is 72.8 Å². The van der Waals surface area contributed by atoms with E-state index in [0.29, 0.717) is 22.0 Å². The molecule has 0 aliphatic carbocycles. The summed E-state index contributed by atoms with van der Waals surface area (Å²) in [6.07, 6.45) is 0. The number of amides is 2. The van der Waals surface area contributed by atoms with Crippen molar-refractivity contribution in [3.63, 3.8) is 0 Å². The molecule has 2 N–H and O–H groups in total. The van der Waals surface area contributed by atoms with E-state index in [2.05, 4.69) is 10.6 Å². The maximum atomic E-state index is 13.2. The van der Waals surface area contributed by atoms with E-state index in [1.807, 2.05) is 0 Å². The van der Waals surface area contributed by atoms with E-state index < -0.39 is 11.7 Å². The highest BCUT2D eigenvalue weighted by Crippen LogP contribution is 2.20. The zero-order valence-electron chi connectivity index (χ0n) is 13.5. The van der Waals surface area contributed by atoms with Gasteiger partial charge >= 0.3 is 0 Å². The predicted octanol–water partition coefficient (Wildman–Crippen LogP) is 4.98. The van der Waals surface area contributed by atoms with Crippen LogP contribution in [0.4, 0.5) is 15.8 Å². The van der Waals surface area contributed by atoms with Crippen molar-refractivity contribution in [2.24, 2.45) is 0 Å². The summed E-state index contributed by atoms with van der Waals surface area (Å²) in [6, 6.07) is 18.7. The van der Waals surface area contributed by atoms with Gasteiger partial charge in [0.2, 0.25) is 0 Å². The van der Waals surface area contributed by atoms with Crippen molar-refractivity contribution in [3.8, 4) is 0 Å². The molecule has 26 heavy (non-hydrogen) atoms. The normalized spacial score (nSPS) is 10.2. The number of carbonyl (C=O) groups is 2. The quantitative estimate of drug-likeness (QED) is 0.682. The smallest absolute Gasteiger partial charge is 0.257 e. The lowest BCUT2D eigenvalue weighted by molar-refractivity contribution is 0.101. The van der Waals surface area contributed by atoms with Gasteiger partial charge in [-0.25, -0.2) is 4.39 Å². The highest BCUT2D eigenvalue weighted by molar-refractivity contribution is 6.34. The Bertz CT molecular complexity index is 975. The highest BCUT2D eigenvalue weighted by Gasteiger charge is 2.11. The number of nitrogens with one attached hydrogen (secondary N) is 2. The summed E-state index contributed by atoms with van der Waals surface area (Å²) in [7, 11) is 0. The molecule has 0 heterocycles. The summed E-state index contributed by atoms with van der Waals surface area (Å²) in [5.41, 5.74) is 1.52. The summed E-state index contributed by atoms with van der Waals surface area (Å²) in [5, 5.41) is 5.74. The fourth-order valence-electron chi connectivity index (χ4n) is 2.35. The van der Waals surface area contributed by atoms with Gasteiger partial charge in [0, 0.05) is 16.9 Å². The number of halogens is 2. The highest BCUT2D eigenvalue weighted by atomic mass is 35.5. The summed E-state index contributed by atoms with van der Waals surface area (Å²) in [4.78, 5) is 24.5. The van der Waals surface area contributed by atoms with Crippen molar-refractivity contribution < 1.29 is 14.0 Å². The van der Waals surface area contributed by atoms with Crippen LogP contribution in [-0.2, 0) is 0 Å². The van der Waals surface area contributed by atoms with Crippen LogP contribution in [0.2, 0.25) is 5.02 Å². The van der Waals surface area contributed by atoms with Crippen LogP contribution in [0, 0.1) is 5.82 Å². The lowest BCUT2D eigenvalue weighted by Crippen LogP contribution is -2.14. The molecule has 0 saturated carbocycles. The van der Waals surface area contributed by atoms with Gasteiger partial charge in [-0.15, -0.1) is 0 Å². The average molecular weight is 369 g/mol. The first-order chi connectivity index (χ1) is 12.5. The third-order valence-electron chi connectivity index (χ3n) is 3.58. The van der Waals surface area contributed by atoms with Crippen molar-refractivity contribution in [2.75, 3.05) is 10.6 Å². The molecular formula is C20H14ClFN2O2. The monoisotopic (exact) mass is 368 g/mol. The molecular weight excluding hydrogens is 355 g/mol. The minimum atomic E-state index is -0.488. The standard InChI is InChI=1S/C20H14ClFN2O2/c21-18-10-2-1-9-17(18)20(26)24-16-8-4-7-15(12-16)23-19(25)13-5-3-6-14(22)11-13/h1-12H,(H,23,25)(H,24,26). The molecule has 0 atom stereocenters. The zero-order chi connectivity index (χ0) is 18.5. The van der Waals surface area contributed by atoms with Gasteiger partial charge in [0.1, 0.15) is 5.82 Å². The Kier molecular flexibility index (Phi) is 5.29. The minimum absolute atomic E-state index is 0.204. The maximum Gasteiger partial charge on any atom is 0.257 e. The Hall–Kier alpha value is -3.18. The van der Waals surface area contributed by atoms with E-state index in [9.17, 15) is 14.0 Å². The lowest BCUT2D eigenvalue weighted by Gasteiger charge is -2.10. The van der Waals surface area contributed by atoms with Crippen LogP contribution >= 0.6 is 11.6 Å². The Morgan fingerprint density at radius 1 is 0.769 bits per heavy atom. The number of benzene rings is 3. The number of carbonyl (C=O) groups excluding carboxylic acids is 2. The number of hydrogen-bond acceptors (Lipinski definition) is 2. The van der Waals surface area contributed by atoms with Gasteiger partial charge in [0.25, 0.3) is 11.8 Å². The molecule has 0 saturated heterocycles. The van der Waals surface area contributed by atoms with Crippen LogP contribution in [0.25, 0.3) is 0 Å². The summed E-state index contributed by atoms with van der Waals surface area (Å²) < 4.78 is 13.2. The third kappa shape index (κ3) is 4.26. The lowest BCUT2D eigenvalue weighted by atomic mass is 10.2. The molecule has 0 radical (unpaired) electrons. The summed E-state index contributed by atoms with van der Waals surface area (Å²) in [5.74, 6) is -1.29. The zero-order valence-corrected chi connectivity index (χ0v) is 14.3. The van der Waals surface area contributed by atoms with Gasteiger partial charge in [-0.1, -0.05) is 35.9 Å². The summed E-state index contributed by atoms with van der Waals surface area (Å²) in [6.45, 7) is 0. The topological polar surface area (TPSA) is 58.2 Å². The molecule has 3 aromatic carbocycles. The molecule has 0 spiro atoms. The molecule has 6 heteroatoms. The largest absolute Gasteiger partial charge is 0.322 e. The molecule has 0 unspecified atom stereocenters. The predicted molar refractivity (Wildman–Crippen MR) is 100 cm³/mol. The first-order valence-electron chi connectivity index (χ1n) is 7.76. The molecule has 3 aromatic rings. The van der Waals surface area contributed by atoms with Crippen LogP contribution in [-0.4, -0.2) is 11.8 Å². The van der Waals surface area contributed by atoms with Gasteiger partial charge in [0.15, 0.2) is 0 Å². The van der Waals surface area contributed by atoms with Gasteiger partial charge in [-0.2, -0.15) is 0 Å². The average Bonchev–Trinajstić information content (AvgIpc) is 2.62. The Labute approximate surface area is 154 Å². The van der Waals surface area contributed by atoms with E-state index in [0.717, 1.165) is 6.07 Å². The van der Waals surface area contributed by atoms with Crippen molar-refractivity contribution in [2.45, 2.75) is 0 Å². The molecule has 0 aliphatic rings. The number of anilines is 2. The van der Waals surface area contributed by atoms with Crippen molar-refractivity contribution >= 4 is 34.8 Å². The second kappa shape index (κ2) is 7.80. The SMILES string of the molecule is O=C(Nc1cccc(NC(=O)c2ccccc2Cl)c1)c1cccc(F)c1. The van der Waals surface area contributed by atoms with Crippen LogP contribution in [0.5, 0.6) is 0 Å². The van der Waals surface area contributed by atoms with E-state index >= 15 is 0 Å². The molecule has 130 valence electrons. The summed E-state index contributed by atoms with van der Waals surface area (Å²) >= 11 is 6.02. The van der Waals surface area contributed by atoms with Crippen LogP contribution in [0.1, 0.15) is 20.7 Å². The fraction of sp³-hybridized carbons (Fsp3) is 0. The van der Waals surface area contributed by atoms with Gasteiger partial charge in [0.05, 0.1) is 10.6 Å². The van der Waals surface area contributed by atoms with Gasteiger partial charge < -0.3 is 10.6 Å². The fourth-order valence-corrected chi connectivity index (χ4v) is 2.57. The maximum absolute atomic E-state index is 13.2. The van der Waals surface area contributed by atoms with Gasteiger partial charge in [-0.05, 0) is 48.5 Å². The van der Waals surface area contributed by atoms with E-state index in [4.69, 9.17) is 11.6 Å². The molecule has 0 aliphatic heterocycles. The second-order valence-electron chi connectivity index (χ2n) is 5.48. The van der Waals surface area contributed by atoms with Crippen LogP contribution in [0.3, 0.4) is 0 Å². The van der Waals surface area contributed by atoms with Crippen molar-refractivity contribution in [1.29, 1.82) is 0 Å². The van der Waals surface area contributed by atoms with E-state index in [1.165, 1.54) is 18.2 Å². The van der Waals surface area contributed by atoms with Gasteiger partial charge in [-0.3, -0.25) is 9.59 Å². The van der Waals surface area contributed by atoms with Crippen molar-refractivity contribution in [1.82, 2.24) is 0 Å². The first-order valence-corrected chi connectivity index (χ1v) is 8.13. The Morgan fingerprint density at radius 2 is 1.42 bits per heavy atom. The Morgan fingerprint density at radius 3 is 2.12 bits per heavy atom.